The summed E-state index contributed by atoms with van der Waals surface area (Å²) in [5, 5.41) is 13.1. The Morgan fingerprint density at radius 3 is 2.35 bits per heavy atom. The number of ether oxygens (including phenoxy) is 4. The molecule has 0 unspecified atom stereocenters. The second-order valence-corrected chi connectivity index (χ2v) is 10.5. The maximum Gasteiger partial charge on any atom is 0.347 e. The van der Waals surface area contributed by atoms with Crippen LogP contribution < -0.4 is 29.3 Å². The SMILES string of the molecule is COc1cc(CN2CCCCc3c(N4CCOCC4)nc(Nc4nc(C)c(C(=O)O)s4)nc32)cc(OC)c1OC. The number of carboxylic acid groups (broad SMARTS) is 1. The van der Waals surface area contributed by atoms with Crippen molar-refractivity contribution in [3.63, 3.8) is 0 Å². The highest BCUT2D eigenvalue weighted by molar-refractivity contribution is 7.17. The number of thiazole rings is 1. The van der Waals surface area contributed by atoms with Gasteiger partial charge in [0.1, 0.15) is 16.5 Å². The van der Waals surface area contributed by atoms with E-state index in [1.54, 1.807) is 28.3 Å². The lowest BCUT2D eigenvalue weighted by atomic mass is 10.1. The van der Waals surface area contributed by atoms with E-state index < -0.39 is 5.97 Å². The summed E-state index contributed by atoms with van der Waals surface area (Å²) >= 11 is 1.07. The standard InChI is InChI=1S/C27H34N6O6S/c1-16-22(25(34)35)40-27(28-16)31-26-29-23(32-9-11-39-12-10-32)18-7-5-6-8-33(24(18)30-26)15-17-13-19(36-2)21(38-4)20(14-17)37-3/h13-14H,5-12,15H2,1-4H3,(H,34,35)(H,28,29,30,31). The largest absolute Gasteiger partial charge is 0.493 e. The Bertz CT molecular complexity index is 1350. The van der Waals surface area contributed by atoms with E-state index in [-0.39, 0.29) is 4.88 Å². The van der Waals surface area contributed by atoms with Crippen LogP contribution in [-0.4, -0.2) is 80.2 Å². The fourth-order valence-electron chi connectivity index (χ4n) is 5.09. The molecule has 1 fully saturated rings. The molecule has 0 bridgehead atoms. The smallest absolute Gasteiger partial charge is 0.347 e. The molecule has 2 aliphatic heterocycles. The molecule has 2 N–H and O–H groups in total. The fraction of sp³-hybridized carbons (Fsp3) is 0.481. The van der Waals surface area contributed by atoms with Gasteiger partial charge in [0.15, 0.2) is 16.6 Å². The zero-order valence-electron chi connectivity index (χ0n) is 23.2. The highest BCUT2D eigenvalue weighted by Crippen LogP contribution is 2.40. The van der Waals surface area contributed by atoms with Gasteiger partial charge >= 0.3 is 5.97 Å². The number of hydrogen-bond acceptors (Lipinski definition) is 12. The van der Waals surface area contributed by atoms with Crippen molar-refractivity contribution in [3.05, 3.63) is 33.8 Å². The molecule has 0 atom stereocenters. The number of carbonyl (C=O) groups is 1. The van der Waals surface area contributed by atoms with Crippen LogP contribution in [0.15, 0.2) is 12.1 Å². The van der Waals surface area contributed by atoms with Gasteiger partial charge < -0.3 is 33.9 Å². The molecule has 5 rings (SSSR count). The average molecular weight is 571 g/mol. The summed E-state index contributed by atoms with van der Waals surface area (Å²) in [6.45, 7) is 5.78. The zero-order valence-corrected chi connectivity index (χ0v) is 24.0. The highest BCUT2D eigenvalue weighted by atomic mass is 32.1. The molecule has 214 valence electrons. The molecule has 0 amide bonds. The Morgan fingerprint density at radius 1 is 1.02 bits per heavy atom. The first-order valence-corrected chi connectivity index (χ1v) is 14.0. The summed E-state index contributed by atoms with van der Waals surface area (Å²) in [6.07, 6.45) is 2.87. The van der Waals surface area contributed by atoms with Crippen LogP contribution >= 0.6 is 11.3 Å². The lowest BCUT2D eigenvalue weighted by Crippen LogP contribution is -2.38. The third-order valence-electron chi connectivity index (χ3n) is 6.99. The Kier molecular flexibility index (Phi) is 8.40. The van der Waals surface area contributed by atoms with E-state index in [9.17, 15) is 9.90 Å². The van der Waals surface area contributed by atoms with Crippen molar-refractivity contribution in [1.82, 2.24) is 15.0 Å². The van der Waals surface area contributed by atoms with Crippen LogP contribution in [0, 0.1) is 6.92 Å². The van der Waals surface area contributed by atoms with Gasteiger partial charge in [0, 0.05) is 31.7 Å². The van der Waals surface area contributed by atoms with Gasteiger partial charge in [-0.1, -0.05) is 11.3 Å². The third kappa shape index (κ3) is 5.70. The summed E-state index contributed by atoms with van der Waals surface area (Å²) < 4.78 is 22.3. The van der Waals surface area contributed by atoms with E-state index in [1.807, 2.05) is 12.1 Å². The van der Waals surface area contributed by atoms with Crippen LogP contribution in [0.4, 0.5) is 22.7 Å². The van der Waals surface area contributed by atoms with E-state index >= 15 is 0 Å². The monoisotopic (exact) mass is 570 g/mol. The Morgan fingerprint density at radius 2 is 1.73 bits per heavy atom. The summed E-state index contributed by atoms with van der Waals surface area (Å²) in [5.41, 5.74) is 2.54. The normalized spacial score (nSPS) is 15.3. The van der Waals surface area contributed by atoms with E-state index in [1.165, 1.54) is 0 Å². The average Bonchev–Trinajstić information content (AvgIpc) is 3.22. The third-order valence-corrected chi connectivity index (χ3v) is 8.05. The maximum absolute atomic E-state index is 11.6. The van der Waals surface area contributed by atoms with Crippen LogP contribution in [0.25, 0.3) is 0 Å². The fourth-order valence-corrected chi connectivity index (χ4v) is 5.89. The van der Waals surface area contributed by atoms with Crippen molar-refractivity contribution in [2.75, 3.05) is 69.3 Å². The molecule has 0 spiro atoms. The predicted molar refractivity (Wildman–Crippen MR) is 152 cm³/mol. The number of benzene rings is 1. The Labute approximate surface area is 236 Å². The summed E-state index contributed by atoms with van der Waals surface area (Å²) in [4.78, 5) is 30.6. The number of nitrogens with zero attached hydrogens (tertiary/aromatic N) is 5. The first-order valence-electron chi connectivity index (χ1n) is 13.2. The molecule has 2 aromatic heterocycles. The molecule has 0 saturated carbocycles. The molecule has 12 nitrogen and oxygen atoms in total. The van der Waals surface area contributed by atoms with Crippen molar-refractivity contribution in [3.8, 4) is 17.2 Å². The number of rotatable bonds is 9. The van der Waals surface area contributed by atoms with Crippen LogP contribution in [-0.2, 0) is 17.7 Å². The molecule has 40 heavy (non-hydrogen) atoms. The number of fused-ring (bicyclic) bond motifs is 1. The number of hydrogen-bond donors (Lipinski definition) is 2. The molecule has 1 aromatic carbocycles. The zero-order chi connectivity index (χ0) is 28.2. The number of aromatic carboxylic acids is 1. The first kappa shape index (κ1) is 27.7. The Hall–Kier alpha value is -3.84. The van der Waals surface area contributed by atoms with Gasteiger partial charge in [0.2, 0.25) is 11.7 Å². The van der Waals surface area contributed by atoms with Gasteiger partial charge in [0.25, 0.3) is 0 Å². The molecule has 2 aliphatic rings. The first-order chi connectivity index (χ1) is 19.4. The van der Waals surface area contributed by atoms with E-state index in [2.05, 4.69) is 20.1 Å². The highest BCUT2D eigenvalue weighted by Gasteiger charge is 2.27. The minimum atomic E-state index is -1.00. The van der Waals surface area contributed by atoms with E-state index in [0.717, 1.165) is 73.0 Å². The number of morpholine rings is 1. The van der Waals surface area contributed by atoms with Gasteiger partial charge in [-0.25, -0.2) is 9.78 Å². The van der Waals surface area contributed by atoms with Crippen LogP contribution in [0.2, 0.25) is 0 Å². The van der Waals surface area contributed by atoms with E-state index in [0.29, 0.717) is 53.8 Å². The molecular weight excluding hydrogens is 536 g/mol. The number of carboxylic acids is 1. The van der Waals surface area contributed by atoms with Crippen molar-refractivity contribution in [2.24, 2.45) is 0 Å². The second-order valence-electron chi connectivity index (χ2n) is 9.55. The van der Waals surface area contributed by atoms with Crippen LogP contribution in [0.3, 0.4) is 0 Å². The lowest BCUT2D eigenvalue weighted by molar-refractivity contribution is 0.0701. The number of methoxy groups -OCH3 is 3. The predicted octanol–water partition coefficient (Wildman–Crippen LogP) is 3.89. The van der Waals surface area contributed by atoms with Crippen molar-refractivity contribution in [2.45, 2.75) is 32.7 Å². The number of nitrogens with one attached hydrogen (secondary N) is 1. The quantitative estimate of drug-likeness (QED) is 0.387. The van der Waals surface area contributed by atoms with Gasteiger partial charge in [-0.05, 0) is 43.9 Å². The summed E-state index contributed by atoms with van der Waals surface area (Å²) in [6, 6.07) is 3.92. The number of aryl methyl sites for hydroxylation is 1. The maximum atomic E-state index is 11.6. The molecule has 1 saturated heterocycles. The molecule has 0 aliphatic carbocycles. The molecule has 3 aromatic rings. The lowest BCUT2D eigenvalue weighted by Gasteiger charge is -2.32. The number of aromatic nitrogens is 3. The molecule has 4 heterocycles. The van der Waals surface area contributed by atoms with Gasteiger partial charge in [-0.15, -0.1) is 0 Å². The summed E-state index contributed by atoms with van der Waals surface area (Å²) in [5.74, 6) is 2.84. The van der Waals surface area contributed by atoms with Crippen LogP contribution in [0.1, 0.15) is 39.3 Å². The topological polar surface area (TPSA) is 131 Å². The Balaban J connectivity index is 1.56. The minimum absolute atomic E-state index is 0.190. The van der Waals surface area contributed by atoms with Gasteiger partial charge in [-0.3, -0.25) is 5.32 Å². The van der Waals surface area contributed by atoms with Gasteiger partial charge in [0.05, 0.1) is 40.2 Å². The molecule has 13 heteroatoms. The van der Waals surface area contributed by atoms with E-state index in [4.69, 9.17) is 28.9 Å². The van der Waals surface area contributed by atoms with Crippen molar-refractivity contribution < 1.29 is 28.8 Å². The molecule has 0 radical (unpaired) electrons. The van der Waals surface area contributed by atoms with Gasteiger partial charge in [-0.2, -0.15) is 9.97 Å². The summed E-state index contributed by atoms with van der Waals surface area (Å²) in [7, 11) is 4.81. The van der Waals surface area contributed by atoms with Crippen molar-refractivity contribution >= 4 is 40.0 Å². The molecular formula is C27H34N6O6S. The van der Waals surface area contributed by atoms with Crippen molar-refractivity contribution in [1.29, 1.82) is 0 Å². The minimum Gasteiger partial charge on any atom is -0.493 e. The van der Waals surface area contributed by atoms with Crippen LogP contribution in [0.5, 0.6) is 17.2 Å². The second kappa shape index (κ2) is 12.1. The number of anilines is 4.